The molecule has 0 amide bonds. The van der Waals surface area contributed by atoms with Crippen molar-refractivity contribution in [2.45, 2.75) is 40.3 Å². The maximum absolute atomic E-state index is 8.94. The van der Waals surface area contributed by atoms with Crippen LogP contribution in [0.2, 0.25) is 0 Å². The van der Waals surface area contributed by atoms with Gasteiger partial charge in [-0.1, -0.05) is 27.7 Å². The summed E-state index contributed by atoms with van der Waals surface area (Å²) in [4.78, 5) is 4.14. The van der Waals surface area contributed by atoms with E-state index in [9.17, 15) is 0 Å². The van der Waals surface area contributed by atoms with Gasteiger partial charge in [0.05, 0.1) is 18.6 Å². The van der Waals surface area contributed by atoms with Crippen LogP contribution in [0, 0.1) is 10.8 Å². The molecule has 1 fully saturated rings. The molecule has 1 saturated carbocycles. The molecule has 1 aromatic rings. The first-order valence-corrected chi connectivity index (χ1v) is 5.04. The number of aliphatic hydroxyl groups is 1. The second kappa shape index (κ2) is 2.60. The van der Waals surface area contributed by atoms with E-state index in [1.165, 1.54) is 0 Å². The van der Waals surface area contributed by atoms with E-state index in [1.54, 1.807) is 0 Å². The molecule has 0 saturated heterocycles. The Morgan fingerprint density at radius 3 is 2.29 bits per heavy atom. The summed E-state index contributed by atoms with van der Waals surface area (Å²) in [5.74, 6) is 0. The van der Waals surface area contributed by atoms with E-state index in [2.05, 4.69) is 37.2 Å². The van der Waals surface area contributed by atoms with Gasteiger partial charge in [0.15, 0.2) is 0 Å². The lowest BCUT2D eigenvalue weighted by atomic mass is 10.0. The third-order valence-electron chi connectivity index (χ3n) is 4.06. The molecule has 3 heteroatoms. The second-order valence-corrected chi connectivity index (χ2v) is 5.32. The first-order valence-electron chi connectivity index (χ1n) is 5.04. The van der Waals surface area contributed by atoms with Crippen LogP contribution in [0.1, 0.15) is 39.4 Å². The van der Waals surface area contributed by atoms with Crippen LogP contribution in [0.5, 0.6) is 0 Å². The van der Waals surface area contributed by atoms with Crippen LogP contribution in [0.4, 0.5) is 0 Å². The van der Waals surface area contributed by atoms with Crippen LogP contribution < -0.4 is 0 Å². The molecule has 0 atom stereocenters. The summed E-state index contributed by atoms with van der Waals surface area (Å²) in [5.41, 5.74) is 1.39. The van der Waals surface area contributed by atoms with Crippen molar-refractivity contribution in [3.63, 3.8) is 0 Å². The molecule has 14 heavy (non-hydrogen) atoms. The largest absolute Gasteiger partial charge is 0.390 e. The predicted octanol–water partition coefficient (Wildman–Crippen LogP) is 1.98. The third kappa shape index (κ3) is 1.05. The van der Waals surface area contributed by atoms with Crippen LogP contribution in [0.25, 0.3) is 0 Å². The third-order valence-corrected chi connectivity index (χ3v) is 4.06. The fraction of sp³-hybridized carbons (Fsp3) is 0.727. The van der Waals surface area contributed by atoms with Gasteiger partial charge in [-0.15, -0.1) is 0 Å². The number of aromatic nitrogens is 2. The summed E-state index contributed by atoms with van der Waals surface area (Å²) in [6.45, 7) is 9.12. The molecule has 0 spiro atoms. The average molecular weight is 194 g/mol. The predicted molar refractivity (Wildman–Crippen MR) is 54.7 cm³/mol. The van der Waals surface area contributed by atoms with Crippen molar-refractivity contribution in [2.75, 3.05) is 0 Å². The molecule has 0 aliphatic heterocycles. The van der Waals surface area contributed by atoms with Crippen molar-refractivity contribution in [1.82, 2.24) is 9.55 Å². The minimum Gasteiger partial charge on any atom is -0.390 e. The number of rotatable bonds is 2. The Kier molecular flexibility index (Phi) is 1.80. The summed E-state index contributed by atoms with van der Waals surface area (Å²) in [5, 5.41) is 8.94. The molecular formula is C11H18N2O. The Labute approximate surface area is 84.8 Å². The molecule has 0 unspecified atom stereocenters. The van der Waals surface area contributed by atoms with Gasteiger partial charge in [-0.25, -0.2) is 4.98 Å². The van der Waals surface area contributed by atoms with E-state index >= 15 is 0 Å². The van der Waals surface area contributed by atoms with Gasteiger partial charge in [0, 0.05) is 12.2 Å². The quantitative estimate of drug-likeness (QED) is 0.781. The highest BCUT2D eigenvalue weighted by Crippen LogP contribution is 2.71. The van der Waals surface area contributed by atoms with Crippen molar-refractivity contribution in [1.29, 1.82) is 0 Å². The molecule has 1 aliphatic carbocycles. The zero-order valence-electron chi connectivity index (χ0n) is 9.28. The first-order chi connectivity index (χ1) is 6.41. The van der Waals surface area contributed by atoms with Crippen LogP contribution >= 0.6 is 0 Å². The van der Waals surface area contributed by atoms with E-state index in [4.69, 9.17) is 5.11 Å². The molecule has 78 valence electrons. The van der Waals surface area contributed by atoms with Gasteiger partial charge in [0.2, 0.25) is 0 Å². The van der Waals surface area contributed by atoms with E-state index < -0.39 is 0 Å². The van der Waals surface area contributed by atoms with E-state index in [0.717, 1.165) is 5.69 Å². The fourth-order valence-corrected chi connectivity index (χ4v) is 2.51. The van der Waals surface area contributed by atoms with Crippen LogP contribution in [-0.4, -0.2) is 14.7 Å². The van der Waals surface area contributed by atoms with Crippen molar-refractivity contribution >= 4 is 0 Å². The fourth-order valence-electron chi connectivity index (χ4n) is 2.51. The van der Waals surface area contributed by atoms with Gasteiger partial charge >= 0.3 is 0 Å². The number of hydrogen-bond acceptors (Lipinski definition) is 2. The minimum absolute atomic E-state index is 0.0284. The zero-order chi connectivity index (χ0) is 10.6. The SMILES string of the molecule is CC1(C)C(n2cnc(CO)c2)C1(C)C. The molecule has 2 rings (SSSR count). The molecule has 0 radical (unpaired) electrons. The maximum Gasteiger partial charge on any atom is 0.0953 e. The second-order valence-electron chi connectivity index (χ2n) is 5.32. The van der Waals surface area contributed by atoms with Crippen molar-refractivity contribution in [2.24, 2.45) is 10.8 Å². The normalized spacial score (nSPS) is 23.8. The molecule has 1 aromatic heterocycles. The molecular weight excluding hydrogens is 176 g/mol. The number of hydrogen-bond donors (Lipinski definition) is 1. The molecule has 1 N–H and O–H groups in total. The Balaban J connectivity index is 2.27. The topological polar surface area (TPSA) is 38.0 Å². The molecule has 0 bridgehead atoms. The van der Waals surface area contributed by atoms with Crippen molar-refractivity contribution in [3.8, 4) is 0 Å². The Morgan fingerprint density at radius 2 is 1.93 bits per heavy atom. The van der Waals surface area contributed by atoms with Gasteiger partial charge in [-0.05, 0) is 10.8 Å². The highest BCUT2D eigenvalue weighted by atomic mass is 16.3. The summed E-state index contributed by atoms with van der Waals surface area (Å²) in [7, 11) is 0. The summed E-state index contributed by atoms with van der Waals surface area (Å²) in [6, 6.07) is 0.503. The highest BCUT2D eigenvalue weighted by molar-refractivity contribution is 5.17. The molecule has 3 nitrogen and oxygen atoms in total. The average Bonchev–Trinajstić information content (AvgIpc) is 2.51. The van der Waals surface area contributed by atoms with Crippen LogP contribution in [-0.2, 0) is 6.61 Å². The molecule has 1 heterocycles. The lowest BCUT2D eigenvalue weighted by Gasteiger charge is -2.02. The highest BCUT2D eigenvalue weighted by Gasteiger charge is 2.65. The molecule has 1 aliphatic rings. The Hall–Kier alpha value is -0.830. The smallest absolute Gasteiger partial charge is 0.0953 e. The van der Waals surface area contributed by atoms with Gasteiger partial charge in [-0.2, -0.15) is 0 Å². The monoisotopic (exact) mass is 194 g/mol. The Morgan fingerprint density at radius 1 is 1.36 bits per heavy atom. The van der Waals surface area contributed by atoms with Gasteiger partial charge in [0.25, 0.3) is 0 Å². The van der Waals surface area contributed by atoms with Crippen molar-refractivity contribution in [3.05, 3.63) is 18.2 Å². The summed E-state index contributed by atoms with van der Waals surface area (Å²) < 4.78 is 2.13. The number of imidazole rings is 1. The van der Waals surface area contributed by atoms with E-state index in [1.807, 2.05) is 12.5 Å². The van der Waals surface area contributed by atoms with E-state index in [0.29, 0.717) is 16.9 Å². The number of aliphatic hydroxyl groups excluding tert-OH is 1. The van der Waals surface area contributed by atoms with Crippen LogP contribution in [0.15, 0.2) is 12.5 Å². The van der Waals surface area contributed by atoms with Crippen molar-refractivity contribution < 1.29 is 5.11 Å². The van der Waals surface area contributed by atoms with Gasteiger partial charge < -0.3 is 9.67 Å². The zero-order valence-corrected chi connectivity index (χ0v) is 9.28. The van der Waals surface area contributed by atoms with Gasteiger partial charge in [0.1, 0.15) is 0 Å². The van der Waals surface area contributed by atoms with E-state index in [-0.39, 0.29) is 6.61 Å². The lowest BCUT2D eigenvalue weighted by molar-refractivity contribution is 0.277. The Bertz CT molecular complexity index is 338. The number of nitrogens with zero attached hydrogens (tertiary/aromatic N) is 2. The van der Waals surface area contributed by atoms with Crippen LogP contribution in [0.3, 0.4) is 0 Å². The summed E-state index contributed by atoms with van der Waals surface area (Å²) in [6.07, 6.45) is 3.77. The van der Waals surface area contributed by atoms with Gasteiger partial charge in [-0.3, -0.25) is 0 Å². The standard InChI is InChI=1S/C11H18N2O/c1-10(2)9(11(10,3)4)13-5-8(6-14)12-7-13/h5,7,9,14H,6H2,1-4H3. The first kappa shape index (κ1) is 9.71. The minimum atomic E-state index is 0.0284. The lowest BCUT2D eigenvalue weighted by Crippen LogP contribution is -1.97. The molecule has 0 aromatic carbocycles. The summed E-state index contributed by atoms with van der Waals surface area (Å²) >= 11 is 0. The maximum atomic E-state index is 8.94.